The molecule has 0 aliphatic carbocycles. The van der Waals surface area contributed by atoms with Gasteiger partial charge >= 0.3 is 0 Å². The molecule has 0 saturated heterocycles. The lowest BCUT2D eigenvalue weighted by atomic mass is 10.1. The Hall–Kier alpha value is -2.62. The lowest BCUT2D eigenvalue weighted by Crippen LogP contribution is -2.49. The SMILES string of the molecule is CCCNC(=O)C(CC)N(Cc1ccccc1)C(=O)CCc1ccc(C)cc1. The van der Waals surface area contributed by atoms with Crippen LogP contribution in [0.2, 0.25) is 0 Å². The third kappa shape index (κ3) is 6.52. The fourth-order valence-electron chi connectivity index (χ4n) is 3.22. The molecule has 0 bridgehead atoms. The molecule has 4 heteroatoms. The molecule has 0 fully saturated rings. The summed E-state index contributed by atoms with van der Waals surface area (Å²) in [6, 6.07) is 17.7. The van der Waals surface area contributed by atoms with Gasteiger partial charge < -0.3 is 10.2 Å². The molecule has 1 unspecified atom stereocenters. The van der Waals surface area contributed by atoms with E-state index in [2.05, 4.69) is 36.5 Å². The first-order chi connectivity index (χ1) is 13.5. The van der Waals surface area contributed by atoms with Crippen LogP contribution in [-0.2, 0) is 22.6 Å². The van der Waals surface area contributed by atoms with Gasteiger partial charge in [0.1, 0.15) is 6.04 Å². The van der Waals surface area contributed by atoms with Crippen molar-refractivity contribution in [1.82, 2.24) is 10.2 Å². The topological polar surface area (TPSA) is 49.4 Å². The molecule has 2 rings (SSSR count). The molecule has 0 aliphatic rings. The Morgan fingerprint density at radius 2 is 1.64 bits per heavy atom. The van der Waals surface area contributed by atoms with Crippen molar-refractivity contribution in [3.8, 4) is 0 Å². The van der Waals surface area contributed by atoms with Crippen LogP contribution in [0.3, 0.4) is 0 Å². The summed E-state index contributed by atoms with van der Waals surface area (Å²) in [7, 11) is 0. The van der Waals surface area contributed by atoms with E-state index in [0.717, 1.165) is 17.5 Å². The van der Waals surface area contributed by atoms with Gasteiger partial charge in [-0.15, -0.1) is 0 Å². The second-order valence-electron chi connectivity index (χ2n) is 7.21. The van der Waals surface area contributed by atoms with Gasteiger partial charge in [0.25, 0.3) is 0 Å². The van der Waals surface area contributed by atoms with Gasteiger partial charge in [-0.3, -0.25) is 9.59 Å². The van der Waals surface area contributed by atoms with Crippen LogP contribution < -0.4 is 5.32 Å². The minimum Gasteiger partial charge on any atom is -0.354 e. The van der Waals surface area contributed by atoms with Crippen molar-refractivity contribution in [2.24, 2.45) is 0 Å². The fourth-order valence-corrected chi connectivity index (χ4v) is 3.22. The number of nitrogens with one attached hydrogen (secondary N) is 1. The highest BCUT2D eigenvalue weighted by Gasteiger charge is 2.28. The molecule has 0 spiro atoms. The summed E-state index contributed by atoms with van der Waals surface area (Å²) in [6.07, 6.45) is 2.55. The Kier molecular flexibility index (Phi) is 8.73. The first-order valence-corrected chi connectivity index (χ1v) is 10.2. The molecule has 2 amide bonds. The molecule has 0 heterocycles. The van der Waals surface area contributed by atoms with Crippen LogP contribution in [0.25, 0.3) is 0 Å². The average Bonchev–Trinajstić information content (AvgIpc) is 2.72. The molecule has 0 radical (unpaired) electrons. The van der Waals surface area contributed by atoms with Gasteiger partial charge in [0.15, 0.2) is 0 Å². The van der Waals surface area contributed by atoms with Crippen LogP contribution in [-0.4, -0.2) is 29.3 Å². The van der Waals surface area contributed by atoms with E-state index in [0.29, 0.717) is 32.4 Å². The normalized spacial score (nSPS) is 11.7. The predicted molar refractivity (Wildman–Crippen MR) is 114 cm³/mol. The van der Waals surface area contributed by atoms with Crippen molar-refractivity contribution in [2.45, 2.75) is 59.0 Å². The van der Waals surface area contributed by atoms with Crippen LogP contribution in [0.5, 0.6) is 0 Å². The molecule has 2 aromatic rings. The van der Waals surface area contributed by atoms with E-state index in [4.69, 9.17) is 0 Å². The third-order valence-electron chi connectivity index (χ3n) is 4.88. The number of hydrogen-bond acceptors (Lipinski definition) is 2. The lowest BCUT2D eigenvalue weighted by Gasteiger charge is -2.30. The highest BCUT2D eigenvalue weighted by atomic mass is 16.2. The van der Waals surface area contributed by atoms with Crippen molar-refractivity contribution < 1.29 is 9.59 Å². The van der Waals surface area contributed by atoms with E-state index in [1.54, 1.807) is 4.90 Å². The number of hydrogen-bond donors (Lipinski definition) is 1. The zero-order valence-corrected chi connectivity index (χ0v) is 17.3. The first kappa shape index (κ1) is 21.7. The molecule has 150 valence electrons. The van der Waals surface area contributed by atoms with Crippen molar-refractivity contribution in [2.75, 3.05) is 6.54 Å². The quantitative estimate of drug-likeness (QED) is 0.669. The smallest absolute Gasteiger partial charge is 0.242 e. The predicted octanol–water partition coefficient (Wildman–Crippen LogP) is 4.26. The molecule has 0 aliphatic heterocycles. The van der Waals surface area contributed by atoms with E-state index in [1.807, 2.05) is 44.2 Å². The van der Waals surface area contributed by atoms with Gasteiger partial charge in [-0.1, -0.05) is 74.0 Å². The van der Waals surface area contributed by atoms with E-state index in [1.165, 1.54) is 5.56 Å². The number of rotatable bonds is 10. The monoisotopic (exact) mass is 380 g/mol. The molecular formula is C24H32N2O2. The Labute approximate surface area is 169 Å². The molecule has 1 atom stereocenters. The van der Waals surface area contributed by atoms with Crippen molar-refractivity contribution in [1.29, 1.82) is 0 Å². The van der Waals surface area contributed by atoms with Crippen LogP contribution in [0.1, 0.15) is 49.8 Å². The largest absolute Gasteiger partial charge is 0.354 e. The van der Waals surface area contributed by atoms with E-state index in [-0.39, 0.29) is 11.8 Å². The zero-order valence-electron chi connectivity index (χ0n) is 17.3. The molecule has 0 aromatic heterocycles. The standard InChI is InChI=1S/C24H32N2O2/c1-4-17-25-24(28)22(5-2)26(18-21-9-7-6-8-10-21)23(27)16-15-20-13-11-19(3)12-14-20/h6-14,22H,4-5,15-18H2,1-3H3,(H,25,28). The van der Waals surface area contributed by atoms with Gasteiger partial charge in [0.05, 0.1) is 0 Å². The van der Waals surface area contributed by atoms with E-state index < -0.39 is 6.04 Å². The molecule has 1 N–H and O–H groups in total. The van der Waals surface area contributed by atoms with Gasteiger partial charge in [-0.2, -0.15) is 0 Å². The Bertz CT molecular complexity index is 741. The van der Waals surface area contributed by atoms with Gasteiger partial charge in [0.2, 0.25) is 11.8 Å². The van der Waals surface area contributed by atoms with Crippen LogP contribution in [0.4, 0.5) is 0 Å². The molecule has 4 nitrogen and oxygen atoms in total. The lowest BCUT2D eigenvalue weighted by molar-refractivity contribution is -0.141. The highest BCUT2D eigenvalue weighted by molar-refractivity contribution is 5.87. The van der Waals surface area contributed by atoms with E-state index in [9.17, 15) is 9.59 Å². The van der Waals surface area contributed by atoms with Crippen molar-refractivity contribution >= 4 is 11.8 Å². The fraction of sp³-hybridized carbons (Fsp3) is 0.417. The van der Waals surface area contributed by atoms with Gasteiger partial charge in [-0.25, -0.2) is 0 Å². The second kappa shape index (κ2) is 11.3. The highest BCUT2D eigenvalue weighted by Crippen LogP contribution is 2.15. The third-order valence-corrected chi connectivity index (χ3v) is 4.88. The summed E-state index contributed by atoms with van der Waals surface area (Å²) in [4.78, 5) is 27.5. The first-order valence-electron chi connectivity index (χ1n) is 10.2. The molecule has 28 heavy (non-hydrogen) atoms. The zero-order chi connectivity index (χ0) is 20.4. The second-order valence-corrected chi connectivity index (χ2v) is 7.21. The number of aryl methyl sites for hydroxylation is 2. The maximum Gasteiger partial charge on any atom is 0.242 e. The number of nitrogens with zero attached hydrogens (tertiary/aromatic N) is 1. The van der Waals surface area contributed by atoms with Gasteiger partial charge in [0, 0.05) is 19.5 Å². The van der Waals surface area contributed by atoms with Crippen LogP contribution in [0, 0.1) is 6.92 Å². The number of carbonyl (C=O) groups is 2. The summed E-state index contributed by atoms with van der Waals surface area (Å²) in [5.41, 5.74) is 3.38. The number of carbonyl (C=O) groups excluding carboxylic acids is 2. The summed E-state index contributed by atoms with van der Waals surface area (Å²) < 4.78 is 0. The van der Waals surface area contributed by atoms with Crippen molar-refractivity contribution in [3.63, 3.8) is 0 Å². The van der Waals surface area contributed by atoms with Crippen LogP contribution >= 0.6 is 0 Å². The summed E-state index contributed by atoms with van der Waals surface area (Å²) >= 11 is 0. The molecular weight excluding hydrogens is 348 g/mol. The summed E-state index contributed by atoms with van der Waals surface area (Å²) in [5.74, 6) is -0.0492. The summed E-state index contributed by atoms with van der Waals surface area (Å²) in [5, 5.41) is 2.95. The van der Waals surface area contributed by atoms with E-state index >= 15 is 0 Å². The average molecular weight is 381 g/mol. The molecule has 2 aromatic carbocycles. The van der Waals surface area contributed by atoms with Gasteiger partial charge in [-0.05, 0) is 37.3 Å². The molecule has 0 saturated carbocycles. The maximum atomic E-state index is 13.1. The minimum absolute atomic E-state index is 0.0166. The summed E-state index contributed by atoms with van der Waals surface area (Å²) in [6.45, 7) is 7.12. The number of amides is 2. The minimum atomic E-state index is -0.447. The Balaban J connectivity index is 2.14. The number of benzene rings is 2. The van der Waals surface area contributed by atoms with Crippen molar-refractivity contribution in [3.05, 3.63) is 71.3 Å². The maximum absolute atomic E-state index is 13.1. The van der Waals surface area contributed by atoms with Crippen LogP contribution in [0.15, 0.2) is 54.6 Å². The Morgan fingerprint density at radius 3 is 2.25 bits per heavy atom. The Morgan fingerprint density at radius 1 is 0.964 bits per heavy atom.